The molecule has 1 aromatic heterocycles. The summed E-state index contributed by atoms with van der Waals surface area (Å²) < 4.78 is 5.60. The van der Waals surface area contributed by atoms with Gasteiger partial charge in [0.2, 0.25) is 0 Å². The van der Waals surface area contributed by atoms with Gasteiger partial charge in [-0.25, -0.2) is 9.79 Å². The van der Waals surface area contributed by atoms with E-state index in [1.54, 1.807) is 28.4 Å². The van der Waals surface area contributed by atoms with Crippen molar-refractivity contribution in [1.82, 2.24) is 10.2 Å². The number of carbonyl (C=O) groups is 2. The SMILES string of the molecule is CC(C)(C)OC(=O)N1CC2CSC(NC(=O)c3ccccc3)=NC2(c2cccs2)C1. The number of hydrogen-bond acceptors (Lipinski definition) is 6. The lowest BCUT2D eigenvalue weighted by atomic mass is 9.87. The lowest BCUT2D eigenvalue weighted by Gasteiger charge is -2.34. The van der Waals surface area contributed by atoms with Gasteiger partial charge in [0.1, 0.15) is 11.1 Å². The molecule has 1 saturated heterocycles. The first-order chi connectivity index (χ1) is 14.3. The van der Waals surface area contributed by atoms with Crippen molar-refractivity contribution < 1.29 is 14.3 Å². The fraction of sp³-hybridized carbons (Fsp3) is 0.409. The molecular weight excluding hydrogens is 418 g/mol. The van der Waals surface area contributed by atoms with E-state index in [0.717, 1.165) is 10.6 Å². The van der Waals surface area contributed by atoms with Crippen LogP contribution in [0.25, 0.3) is 0 Å². The first-order valence-corrected chi connectivity index (χ1v) is 11.7. The molecule has 0 bridgehead atoms. The van der Waals surface area contributed by atoms with E-state index in [0.29, 0.717) is 23.8 Å². The van der Waals surface area contributed by atoms with Crippen LogP contribution < -0.4 is 5.32 Å². The van der Waals surface area contributed by atoms with Gasteiger partial charge in [-0.05, 0) is 44.4 Å². The van der Waals surface area contributed by atoms with Crippen LogP contribution in [0.2, 0.25) is 0 Å². The molecule has 0 radical (unpaired) electrons. The Bertz CT molecular complexity index is 954. The maximum atomic E-state index is 12.7. The number of ether oxygens (including phenoxy) is 1. The van der Waals surface area contributed by atoms with E-state index in [9.17, 15) is 9.59 Å². The molecule has 30 heavy (non-hydrogen) atoms. The zero-order valence-corrected chi connectivity index (χ0v) is 18.9. The largest absolute Gasteiger partial charge is 0.444 e. The Morgan fingerprint density at radius 2 is 1.97 bits per heavy atom. The Kier molecular flexibility index (Phi) is 5.63. The smallest absolute Gasteiger partial charge is 0.410 e. The van der Waals surface area contributed by atoms with Crippen LogP contribution >= 0.6 is 23.1 Å². The maximum Gasteiger partial charge on any atom is 0.410 e. The average molecular weight is 444 g/mol. The molecule has 2 atom stereocenters. The number of fused-ring (bicyclic) bond motifs is 1. The second-order valence-corrected chi connectivity index (χ2v) is 10.5. The molecule has 8 heteroatoms. The topological polar surface area (TPSA) is 71.0 Å². The van der Waals surface area contributed by atoms with E-state index in [1.165, 1.54) is 11.8 Å². The number of thiophene rings is 1. The summed E-state index contributed by atoms with van der Waals surface area (Å²) in [5, 5.41) is 5.58. The molecule has 2 unspecified atom stereocenters. The number of hydrogen-bond donors (Lipinski definition) is 1. The summed E-state index contributed by atoms with van der Waals surface area (Å²) in [4.78, 5) is 33.3. The monoisotopic (exact) mass is 443 g/mol. The molecule has 158 valence electrons. The molecule has 0 spiro atoms. The Labute approximate surface area is 184 Å². The number of amides is 2. The van der Waals surface area contributed by atoms with Crippen LogP contribution in [0.4, 0.5) is 4.79 Å². The lowest BCUT2D eigenvalue weighted by Crippen LogP contribution is -2.42. The quantitative estimate of drug-likeness (QED) is 0.749. The number of rotatable bonds is 2. The van der Waals surface area contributed by atoms with Crippen molar-refractivity contribution in [1.29, 1.82) is 0 Å². The van der Waals surface area contributed by atoms with Crippen molar-refractivity contribution in [2.45, 2.75) is 31.9 Å². The first-order valence-electron chi connectivity index (χ1n) is 9.88. The summed E-state index contributed by atoms with van der Waals surface area (Å²) in [6.07, 6.45) is -0.317. The van der Waals surface area contributed by atoms with Gasteiger partial charge in [-0.2, -0.15) is 0 Å². The molecule has 1 fully saturated rings. The summed E-state index contributed by atoms with van der Waals surface area (Å²) in [5.41, 5.74) is -0.515. The zero-order chi connectivity index (χ0) is 21.4. The summed E-state index contributed by atoms with van der Waals surface area (Å²) in [6, 6.07) is 13.2. The normalized spacial score (nSPS) is 23.5. The lowest BCUT2D eigenvalue weighted by molar-refractivity contribution is 0.0282. The summed E-state index contributed by atoms with van der Waals surface area (Å²) in [6.45, 7) is 6.64. The van der Waals surface area contributed by atoms with E-state index in [1.807, 2.05) is 50.4 Å². The minimum atomic E-state index is -0.560. The Morgan fingerprint density at radius 1 is 1.20 bits per heavy atom. The van der Waals surface area contributed by atoms with Crippen LogP contribution in [0.3, 0.4) is 0 Å². The van der Waals surface area contributed by atoms with Gasteiger partial charge in [0.05, 0.1) is 6.54 Å². The van der Waals surface area contributed by atoms with E-state index in [4.69, 9.17) is 9.73 Å². The number of benzene rings is 1. The molecule has 1 N–H and O–H groups in total. The Morgan fingerprint density at radius 3 is 2.63 bits per heavy atom. The van der Waals surface area contributed by atoms with E-state index >= 15 is 0 Å². The first kappa shape index (κ1) is 20.9. The van der Waals surface area contributed by atoms with Crippen LogP contribution in [-0.2, 0) is 10.3 Å². The van der Waals surface area contributed by atoms with Crippen molar-refractivity contribution in [3.8, 4) is 0 Å². The highest BCUT2D eigenvalue weighted by atomic mass is 32.2. The van der Waals surface area contributed by atoms with Crippen molar-refractivity contribution in [3.63, 3.8) is 0 Å². The van der Waals surface area contributed by atoms with Gasteiger partial charge >= 0.3 is 6.09 Å². The molecule has 6 nitrogen and oxygen atoms in total. The van der Waals surface area contributed by atoms with Crippen molar-refractivity contribution in [2.24, 2.45) is 10.9 Å². The van der Waals surface area contributed by atoms with Gasteiger partial charge < -0.3 is 15.0 Å². The van der Waals surface area contributed by atoms with Gasteiger partial charge in [0, 0.05) is 28.7 Å². The highest BCUT2D eigenvalue weighted by Crippen LogP contribution is 2.47. The van der Waals surface area contributed by atoms with Gasteiger partial charge in [-0.3, -0.25) is 4.79 Å². The second-order valence-electron chi connectivity index (χ2n) is 8.51. The standard InChI is InChI=1S/C22H25N3O3S2/c1-21(2,3)28-20(27)25-12-16-13-30-19(23-18(26)15-8-5-4-6-9-15)24-22(16,14-25)17-10-7-11-29-17/h4-11,16H,12-14H2,1-3H3,(H,23,24,26). The minimum Gasteiger partial charge on any atom is -0.444 e. The van der Waals surface area contributed by atoms with Crippen LogP contribution in [0.5, 0.6) is 0 Å². The van der Waals surface area contributed by atoms with Gasteiger partial charge in [-0.1, -0.05) is 36.0 Å². The van der Waals surface area contributed by atoms with Crippen LogP contribution in [0.1, 0.15) is 36.0 Å². The Balaban J connectivity index is 1.61. The predicted octanol–water partition coefficient (Wildman–Crippen LogP) is 4.34. The maximum absolute atomic E-state index is 12.7. The number of thioether (sulfide) groups is 1. The van der Waals surface area contributed by atoms with E-state index in [-0.39, 0.29) is 17.9 Å². The van der Waals surface area contributed by atoms with E-state index < -0.39 is 11.1 Å². The highest BCUT2D eigenvalue weighted by Gasteiger charge is 2.53. The number of carbonyl (C=O) groups excluding carboxylic acids is 2. The second kappa shape index (κ2) is 8.07. The number of nitrogens with one attached hydrogen (secondary N) is 1. The van der Waals surface area contributed by atoms with Crippen molar-refractivity contribution in [3.05, 3.63) is 58.3 Å². The van der Waals surface area contributed by atoms with Gasteiger partial charge in [-0.15, -0.1) is 11.3 Å². The van der Waals surface area contributed by atoms with Crippen LogP contribution in [0, 0.1) is 5.92 Å². The van der Waals surface area contributed by atoms with E-state index in [2.05, 4.69) is 11.4 Å². The fourth-order valence-electron chi connectivity index (χ4n) is 3.76. The number of nitrogens with zero attached hydrogens (tertiary/aromatic N) is 2. The summed E-state index contributed by atoms with van der Waals surface area (Å²) >= 11 is 3.16. The molecule has 3 heterocycles. The molecular formula is C22H25N3O3S2. The molecule has 2 aliphatic rings. The molecule has 2 amide bonds. The third kappa shape index (κ3) is 4.25. The van der Waals surface area contributed by atoms with Crippen molar-refractivity contribution >= 4 is 40.3 Å². The minimum absolute atomic E-state index is 0.158. The molecule has 2 aromatic rings. The van der Waals surface area contributed by atoms with Gasteiger partial charge in [0.25, 0.3) is 5.91 Å². The zero-order valence-electron chi connectivity index (χ0n) is 17.3. The van der Waals surface area contributed by atoms with Gasteiger partial charge in [0.15, 0.2) is 5.17 Å². The number of likely N-dealkylation sites (tertiary alicyclic amines) is 1. The summed E-state index contributed by atoms with van der Waals surface area (Å²) in [5.74, 6) is 0.750. The summed E-state index contributed by atoms with van der Waals surface area (Å²) in [7, 11) is 0. The van der Waals surface area contributed by atoms with Crippen LogP contribution in [0.15, 0.2) is 52.8 Å². The number of aliphatic imine (C=N–C) groups is 1. The van der Waals surface area contributed by atoms with Crippen molar-refractivity contribution in [2.75, 3.05) is 18.8 Å². The molecule has 0 aliphatic carbocycles. The van der Waals surface area contributed by atoms with Crippen LogP contribution in [-0.4, -0.2) is 46.5 Å². The average Bonchev–Trinajstić information content (AvgIpc) is 3.36. The molecule has 0 saturated carbocycles. The predicted molar refractivity (Wildman–Crippen MR) is 121 cm³/mol. The molecule has 1 aromatic carbocycles. The third-order valence-corrected chi connectivity index (χ3v) is 7.20. The number of amidine groups is 1. The molecule has 2 aliphatic heterocycles. The fourth-order valence-corrected chi connectivity index (χ4v) is 5.83. The third-order valence-electron chi connectivity index (χ3n) is 5.13. The molecule has 4 rings (SSSR count). The highest BCUT2D eigenvalue weighted by molar-refractivity contribution is 8.13. The Hall–Kier alpha value is -2.32.